The molecule has 2 aromatic carbocycles. The number of hydrogen-bond acceptors (Lipinski definition) is 3. The van der Waals surface area contributed by atoms with Gasteiger partial charge in [0.05, 0.1) is 11.1 Å². The SMILES string of the molecule is N#Cc1cccc(-c2ccc(N)c(C(=O)O)c2)c1F. The van der Waals surface area contributed by atoms with E-state index in [4.69, 9.17) is 16.1 Å². The van der Waals surface area contributed by atoms with E-state index in [9.17, 15) is 9.18 Å². The molecular weight excluding hydrogens is 247 g/mol. The number of carbonyl (C=O) groups is 1. The fourth-order valence-corrected chi connectivity index (χ4v) is 1.75. The molecule has 5 heteroatoms. The molecule has 4 nitrogen and oxygen atoms in total. The summed E-state index contributed by atoms with van der Waals surface area (Å²) >= 11 is 0. The van der Waals surface area contributed by atoms with Gasteiger partial charge in [0, 0.05) is 11.3 Å². The second kappa shape index (κ2) is 4.78. The molecule has 3 N–H and O–H groups in total. The van der Waals surface area contributed by atoms with Crippen LogP contribution >= 0.6 is 0 Å². The van der Waals surface area contributed by atoms with Gasteiger partial charge in [-0.05, 0) is 23.8 Å². The summed E-state index contributed by atoms with van der Waals surface area (Å²) in [5.41, 5.74) is 5.98. The largest absolute Gasteiger partial charge is 0.478 e. The quantitative estimate of drug-likeness (QED) is 0.808. The summed E-state index contributed by atoms with van der Waals surface area (Å²) in [5, 5.41) is 17.8. The van der Waals surface area contributed by atoms with Crippen LogP contribution < -0.4 is 5.73 Å². The molecule has 0 radical (unpaired) electrons. The molecule has 0 unspecified atom stereocenters. The second-order valence-electron chi connectivity index (χ2n) is 3.89. The van der Waals surface area contributed by atoms with Crippen LogP contribution in [0.5, 0.6) is 0 Å². The minimum atomic E-state index is -1.18. The van der Waals surface area contributed by atoms with Gasteiger partial charge in [-0.15, -0.1) is 0 Å². The highest BCUT2D eigenvalue weighted by atomic mass is 19.1. The molecule has 0 atom stereocenters. The Bertz CT molecular complexity index is 705. The maximum absolute atomic E-state index is 14.0. The summed E-state index contributed by atoms with van der Waals surface area (Å²) in [6.07, 6.45) is 0. The van der Waals surface area contributed by atoms with Crippen LogP contribution in [-0.4, -0.2) is 11.1 Å². The smallest absolute Gasteiger partial charge is 0.337 e. The summed E-state index contributed by atoms with van der Waals surface area (Å²) in [4.78, 5) is 11.0. The lowest BCUT2D eigenvalue weighted by Gasteiger charge is -2.07. The van der Waals surface area contributed by atoms with Crippen LogP contribution in [0, 0.1) is 17.1 Å². The lowest BCUT2D eigenvalue weighted by Crippen LogP contribution is -2.02. The molecule has 19 heavy (non-hydrogen) atoms. The first-order chi connectivity index (χ1) is 9.04. The molecule has 0 aliphatic rings. The van der Waals surface area contributed by atoms with Gasteiger partial charge in [0.15, 0.2) is 0 Å². The Morgan fingerprint density at radius 2 is 2.05 bits per heavy atom. The summed E-state index contributed by atoms with van der Waals surface area (Å²) in [6.45, 7) is 0. The first-order valence-electron chi connectivity index (χ1n) is 5.36. The number of nitriles is 1. The number of nitrogens with zero attached hydrogens (tertiary/aromatic N) is 1. The highest BCUT2D eigenvalue weighted by Crippen LogP contribution is 2.27. The molecule has 0 aromatic heterocycles. The molecular formula is C14H9FN2O2. The van der Waals surface area contributed by atoms with Crippen molar-refractivity contribution in [1.82, 2.24) is 0 Å². The number of nitrogens with two attached hydrogens (primary N) is 1. The van der Waals surface area contributed by atoms with Gasteiger partial charge in [-0.3, -0.25) is 0 Å². The van der Waals surface area contributed by atoms with E-state index in [1.165, 1.54) is 36.4 Å². The average Bonchev–Trinajstić information content (AvgIpc) is 2.39. The molecule has 0 aliphatic heterocycles. The normalized spacial score (nSPS) is 9.89. The van der Waals surface area contributed by atoms with E-state index in [0.29, 0.717) is 5.56 Å². The number of rotatable bonds is 2. The molecule has 0 aliphatic carbocycles. The number of aromatic carboxylic acids is 1. The molecule has 94 valence electrons. The Balaban J connectivity index is 2.64. The molecule has 0 saturated carbocycles. The Morgan fingerprint density at radius 1 is 1.32 bits per heavy atom. The van der Waals surface area contributed by atoms with Crippen molar-refractivity contribution in [1.29, 1.82) is 5.26 Å². The van der Waals surface area contributed by atoms with Gasteiger partial charge in [0.1, 0.15) is 11.9 Å². The highest BCUT2D eigenvalue weighted by Gasteiger charge is 2.13. The Labute approximate surface area is 108 Å². The highest BCUT2D eigenvalue weighted by molar-refractivity contribution is 5.95. The van der Waals surface area contributed by atoms with Gasteiger partial charge >= 0.3 is 5.97 Å². The van der Waals surface area contributed by atoms with Crippen molar-refractivity contribution in [2.45, 2.75) is 0 Å². The Morgan fingerprint density at radius 3 is 2.68 bits per heavy atom. The first kappa shape index (κ1) is 12.6. The number of halogens is 1. The number of benzene rings is 2. The zero-order valence-electron chi connectivity index (χ0n) is 9.72. The fourth-order valence-electron chi connectivity index (χ4n) is 1.75. The van der Waals surface area contributed by atoms with Gasteiger partial charge in [-0.1, -0.05) is 18.2 Å². The van der Waals surface area contributed by atoms with Crippen molar-refractivity contribution in [3.63, 3.8) is 0 Å². The van der Waals surface area contributed by atoms with Gasteiger partial charge in [0.2, 0.25) is 0 Å². The molecule has 2 aromatic rings. The van der Waals surface area contributed by atoms with Gasteiger partial charge < -0.3 is 10.8 Å². The van der Waals surface area contributed by atoms with Gasteiger partial charge in [0.25, 0.3) is 0 Å². The van der Waals surface area contributed by atoms with Crippen molar-refractivity contribution in [2.75, 3.05) is 5.73 Å². The Hall–Kier alpha value is -2.87. The van der Waals surface area contributed by atoms with Crippen LogP contribution in [0.3, 0.4) is 0 Å². The van der Waals surface area contributed by atoms with E-state index >= 15 is 0 Å². The van der Waals surface area contributed by atoms with E-state index < -0.39 is 11.8 Å². The van der Waals surface area contributed by atoms with Crippen LogP contribution in [0.4, 0.5) is 10.1 Å². The monoisotopic (exact) mass is 256 g/mol. The molecule has 0 fully saturated rings. The minimum absolute atomic E-state index is 0.0915. The number of nitrogen functional groups attached to an aromatic ring is 1. The van der Waals surface area contributed by atoms with Crippen LogP contribution in [-0.2, 0) is 0 Å². The van der Waals surface area contributed by atoms with Gasteiger partial charge in [-0.2, -0.15) is 5.26 Å². The van der Waals surface area contributed by atoms with Crippen LogP contribution in [0.1, 0.15) is 15.9 Å². The molecule has 0 bridgehead atoms. The van der Waals surface area contributed by atoms with Crippen molar-refractivity contribution < 1.29 is 14.3 Å². The van der Waals surface area contributed by atoms with E-state index in [2.05, 4.69) is 0 Å². The molecule has 2 rings (SSSR count). The summed E-state index contributed by atoms with van der Waals surface area (Å²) in [7, 11) is 0. The van der Waals surface area contributed by atoms with Crippen molar-refractivity contribution in [2.24, 2.45) is 0 Å². The summed E-state index contributed by atoms with van der Waals surface area (Å²) in [5.74, 6) is -1.86. The average molecular weight is 256 g/mol. The van der Waals surface area contributed by atoms with Crippen LogP contribution in [0.2, 0.25) is 0 Å². The topological polar surface area (TPSA) is 87.1 Å². The number of anilines is 1. The van der Waals surface area contributed by atoms with Crippen LogP contribution in [0.15, 0.2) is 36.4 Å². The predicted molar refractivity (Wildman–Crippen MR) is 67.9 cm³/mol. The maximum Gasteiger partial charge on any atom is 0.337 e. The summed E-state index contributed by atoms with van der Waals surface area (Å²) < 4.78 is 14.0. The predicted octanol–water partition coefficient (Wildman–Crippen LogP) is 2.64. The lowest BCUT2D eigenvalue weighted by atomic mass is 9.99. The van der Waals surface area contributed by atoms with Crippen LogP contribution in [0.25, 0.3) is 11.1 Å². The standard InChI is InChI=1S/C14H9FN2O2/c15-13-9(7-16)2-1-3-10(13)8-4-5-12(17)11(6-8)14(18)19/h1-6H,17H2,(H,18,19). The number of hydrogen-bond donors (Lipinski definition) is 2. The zero-order valence-corrected chi connectivity index (χ0v) is 9.72. The van der Waals surface area contributed by atoms with E-state index in [1.54, 1.807) is 6.07 Å². The van der Waals surface area contributed by atoms with Gasteiger partial charge in [-0.25, -0.2) is 9.18 Å². The fraction of sp³-hybridized carbons (Fsp3) is 0. The molecule has 0 heterocycles. The zero-order chi connectivity index (χ0) is 14.0. The van der Waals surface area contributed by atoms with E-state index in [-0.39, 0.29) is 22.4 Å². The lowest BCUT2D eigenvalue weighted by molar-refractivity contribution is 0.0698. The first-order valence-corrected chi connectivity index (χ1v) is 5.36. The van der Waals surface area contributed by atoms with Crippen molar-refractivity contribution >= 4 is 11.7 Å². The van der Waals surface area contributed by atoms with Crippen molar-refractivity contribution in [3.8, 4) is 17.2 Å². The molecule has 0 amide bonds. The Kier molecular flexibility index (Phi) is 3.17. The third kappa shape index (κ3) is 2.24. The van der Waals surface area contributed by atoms with E-state index in [0.717, 1.165) is 0 Å². The minimum Gasteiger partial charge on any atom is -0.478 e. The number of carboxylic acids is 1. The maximum atomic E-state index is 14.0. The second-order valence-corrected chi connectivity index (χ2v) is 3.89. The third-order valence-electron chi connectivity index (χ3n) is 2.71. The molecule has 0 spiro atoms. The molecule has 0 saturated heterocycles. The number of carboxylic acid groups (broad SMARTS) is 1. The third-order valence-corrected chi connectivity index (χ3v) is 2.71. The van der Waals surface area contributed by atoms with Crippen molar-refractivity contribution in [3.05, 3.63) is 53.3 Å². The van der Waals surface area contributed by atoms with E-state index in [1.807, 2.05) is 0 Å². The summed E-state index contributed by atoms with van der Waals surface area (Å²) in [6, 6.07) is 10.3.